The van der Waals surface area contributed by atoms with E-state index in [1.54, 1.807) is 14.2 Å². The molecule has 27 heavy (non-hydrogen) atoms. The first-order chi connectivity index (χ1) is 13.1. The lowest BCUT2D eigenvalue weighted by atomic mass is 9.93. The molecule has 144 valence electrons. The molecule has 0 bridgehead atoms. The van der Waals surface area contributed by atoms with Crippen molar-refractivity contribution < 1.29 is 14.3 Å². The quantitative estimate of drug-likeness (QED) is 0.697. The summed E-state index contributed by atoms with van der Waals surface area (Å²) in [6.07, 6.45) is 0.731. The van der Waals surface area contributed by atoms with E-state index < -0.39 is 0 Å². The molecule has 3 N–H and O–H groups in total. The molecule has 0 aliphatic carbocycles. The summed E-state index contributed by atoms with van der Waals surface area (Å²) < 4.78 is 10.6. The molecule has 1 saturated heterocycles. The Bertz CT molecular complexity index is 794. The number of aryl methyl sites for hydroxylation is 1. The summed E-state index contributed by atoms with van der Waals surface area (Å²) in [5.41, 5.74) is 9.74. The van der Waals surface area contributed by atoms with Gasteiger partial charge >= 0.3 is 0 Å². The Kier molecular flexibility index (Phi) is 6.32. The number of rotatable bonds is 7. The summed E-state index contributed by atoms with van der Waals surface area (Å²) in [5, 5.41) is 3.06. The minimum absolute atomic E-state index is 0.0222. The monoisotopic (exact) mass is 369 g/mol. The summed E-state index contributed by atoms with van der Waals surface area (Å²) in [6.45, 7) is 3.25. The van der Waals surface area contributed by atoms with Gasteiger partial charge < -0.3 is 14.8 Å². The van der Waals surface area contributed by atoms with Gasteiger partial charge in [-0.2, -0.15) is 0 Å². The number of methoxy groups -OCH3 is 2. The van der Waals surface area contributed by atoms with Gasteiger partial charge in [0.05, 0.1) is 26.2 Å². The van der Waals surface area contributed by atoms with E-state index in [0.29, 0.717) is 24.6 Å². The SMILES string of the molecule is COc1ccc(CCNC(=O)C2CNNC2c2cccc(C)c2)cc1OC. The molecule has 6 nitrogen and oxygen atoms in total. The van der Waals surface area contributed by atoms with E-state index in [4.69, 9.17) is 9.47 Å². The third kappa shape index (κ3) is 4.59. The Balaban J connectivity index is 1.57. The smallest absolute Gasteiger partial charge is 0.226 e. The first kappa shape index (κ1) is 19.2. The third-order valence-electron chi connectivity index (χ3n) is 4.88. The minimum Gasteiger partial charge on any atom is -0.493 e. The Labute approximate surface area is 160 Å². The van der Waals surface area contributed by atoms with Crippen molar-refractivity contribution in [3.05, 3.63) is 59.2 Å². The van der Waals surface area contributed by atoms with Crippen molar-refractivity contribution in [1.82, 2.24) is 16.2 Å². The average molecular weight is 369 g/mol. The highest BCUT2D eigenvalue weighted by Crippen LogP contribution is 2.28. The highest BCUT2D eigenvalue weighted by atomic mass is 16.5. The van der Waals surface area contributed by atoms with Crippen molar-refractivity contribution in [3.8, 4) is 11.5 Å². The lowest BCUT2D eigenvalue weighted by molar-refractivity contribution is -0.124. The van der Waals surface area contributed by atoms with Crippen LogP contribution in [0.2, 0.25) is 0 Å². The molecule has 6 heteroatoms. The molecule has 2 aromatic carbocycles. The minimum atomic E-state index is -0.141. The molecule has 1 amide bonds. The van der Waals surface area contributed by atoms with E-state index in [1.807, 2.05) is 24.3 Å². The van der Waals surface area contributed by atoms with E-state index in [1.165, 1.54) is 5.56 Å². The number of carbonyl (C=O) groups excluding carboxylic acids is 1. The topological polar surface area (TPSA) is 71.6 Å². The predicted molar refractivity (Wildman–Crippen MR) is 105 cm³/mol. The number of hydrazine groups is 1. The summed E-state index contributed by atoms with van der Waals surface area (Å²) in [7, 11) is 3.24. The molecular weight excluding hydrogens is 342 g/mol. The summed E-state index contributed by atoms with van der Waals surface area (Å²) >= 11 is 0. The van der Waals surface area contributed by atoms with Crippen LogP contribution in [0.3, 0.4) is 0 Å². The van der Waals surface area contributed by atoms with E-state index >= 15 is 0 Å². The van der Waals surface area contributed by atoms with Crippen molar-refractivity contribution in [2.75, 3.05) is 27.3 Å². The Morgan fingerprint density at radius 2 is 1.96 bits per heavy atom. The van der Waals surface area contributed by atoms with E-state index in [9.17, 15) is 4.79 Å². The number of ether oxygens (including phenoxy) is 2. The van der Waals surface area contributed by atoms with Gasteiger partial charge in [-0.1, -0.05) is 35.9 Å². The summed E-state index contributed by atoms with van der Waals surface area (Å²) in [5.74, 6) is 1.32. The Morgan fingerprint density at radius 1 is 1.15 bits per heavy atom. The molecule has 0 radical (unpaired) electrons. The average Bonchev–Trinajstić information content (AvgIpc) is 3.17. The van der Waals surface area contributed by atoms with Gasteiger partial charge in [0, 0.05) is 13.1 Å². The fourth-order valence-corrected chi connectivity index (χ4v) is 3.42. The fourth-order valence-electron chi connectivity index (χ4n) is 3.42. The largest absolute Gasteiger partial charge is 0.493 e. The van der Waals surface area contributed by atoms with Crippen LogP contribution in [0.4, 0.5) is 0 Å². The second kappa shape index (κ2) is 8.88. The second-order valence-corrected chi connectivity index (χ2v) is 6.75. The maximum absolute atomic E-state index is 12.7. The molecule has 0 spiro atoms. The van der Waals surface area contributed by atoms with Crippen LogP contribution in [-0.4, -0.2) is 33.2 Å². The van der Waals surface area contributed by atoms with Crippen LogP contribution in [0.1, 0.15) is 22.7 Å². The van der Waals surface area contributed by atoms with Crippen molar-refractivity contribution >= 4 is 5.91 Å². The highest BCUT2D eigenvalue weighted by molar-refractivity contribution is 5.80. The van der Waals surface area contributed by atoms with Crippen LogP contribution in [0.15, 0.2) is 42.5 Å². The number of amides is 1. The fraction of sp³-hybridized carbons (Fsp3) is 0.381. The zero-order valence-corrected chi connectivity index (χ0v) is 16.0. The van der Waals surface area contributed by atoms with Gasteiger partial charge in [0.15, 0.2) is 11.5 Å². The number of benzene rings is 2. The number of nitrogens with one attached hydrogen (secondary N) is 3. The highest BCUT2D eigenvalue weighted by Gasteiger charge is 2.33. The van der Waals surface area contributed by atoms with E-state index in [0.717, 1.165) is 17.5 Å². The molecule has 1 aliphatic heterocycles. The molecular formula is C21H27N3O3. The van der Waals surface area contributed by atoms with Gasteiger partial charge in [-0.15, -0.1) is 0 Å². The van der Waals surface area contributed by atoms with Crippen molar-refractivity contribution in [2.24, 2.45) is 5.92 Å². The van der Waals surface area contributed by atoms with Gasteiger partial charge in [0.2, 0.25) is 5.91 Å². The van der Waals surface area contributed by atoms with Crippen LogP contribution in [-0.2, 0) is 11.2 Å². The molecule has 2 aromatic rings. The maximum atomic E-state index is 12.7. The molecule has 1 heterocycles. The zero-order valence-electron chi connectivity index (χ0n) is 16.0. The molecule has 1 aliphatic rings. The van der Waals surface area contributed by atoms with Crippen LogP contribution < -0.4 is 25.6 Å². The maximum Gasteiger partial charge on any atom is 0.226 e. The zero-order chi connectivity index (χ0) is 19.2. The van der Waals surface area contributed by atoms with Gasteiger partial charge in [0.25, 0.3) is 0 Å². The number of hydrogen-bond acceptors (Lipinski definition) is 5. The van der Waals surface area contributed by atoms with Gasteiger partial charge in [-0.25, -0.2) is 5.43 Å². The lowest BCUT2D eigenvalue weighted by Crippen LogP contribution is -2.36. The van der Waals surface area contributed by atoms with E-state index in [-0.39, 0.29) is 17.9 Å². The lowest BCUT2D eigenvalue weighted by Gasteiger charge is -2.19. The molecule has 3 rings (SSSR count). The molecule has 2 unspecified atom stereocenters. The van der Waals surface area contributed by atoms with Crippen molar-refractivity contribution in [1.29, 1.82) is 0 Å². The van der Waals surface area contributed by atoms with Gasteiger partial charge in [-0.3, -0.25) is 10.2 Å². The molecule has 0 saturated carbocycles. The first-order valence-electron chi connectivity index (χ1n) is 9.16. The van der Waals surface area contributed by atoms with Gasteiger partial charge in [0.1, 0.15) is 0 Å². The van der Waals surface area contributed by atoms with Crippen LogP contribution in [0, 0.1) is 12.8 Å². The molecule has 1 fully saturated rings. The normalized spacial score (nSPS) is 18.9. The van der Waals surface area contributed by atoms with Crippen LogP contribution in [0.25, 0.3) is 0 Å². The molecule has 0 aromatic heterocycles. The standard InChI is InChI=1S/C21H27N3O3/c1-14-5-4-6-16(11-14)20-17(13-23-24-20)21(25)22-10-9-15-7-8-18(26-2)19(12-15)27-3/h4-8,11-12,17,20,23-24H,9-10,13H2,1-3H3,(H,22,25). The second-order valence-electron chi connectivity index (χ2n) is 6.75. The first-order valence-corrected chi connectivity index (χ1v) is 9.16. The van der Waals surface area contributed by atoms with Crippen molar-refractivity contribution in [3.63, 3.8) is 0 Å². The van der Waals surface area contributed by atoms with E-state index in [2.05, 4.69) is 41.3 Å². The van der Waals surface area contributed by atoms with Crippen LogP contribution >= 0.6 is 0 Å². The Morgan fingerprint density at radius 3 is 2.70 bits per heavy atom. The summed E-state index contributed by atoms with van der Waals surface area (Å²) in [6, 6.07) is 14.1. The van der Waals surface area contributed by atoms with Gasteiger partial charge in [-0.05, 0) is 36.6 Å². The third-order valence-corrected chi connectivity index (χ3v) is 4.88. The summed E-state index contributed by atoms with van der Waals surface area (Å²) in [4.78, 5) is 12.7. The Hall–Kier alpha value is -2.57. The number of hydrogen-bond donors (Lipinski definition) is 3. The van der Waals surface area contributed by atoms with Crippen LogP contribution in [0.5, 0.6) is 11.5 Å². The predicted octanol–water partition coefficient (Wildman–Crippen LogP) is 2.14. The number of carbonyl (C=O) groups is 1. The van der Waals surface area contributed by atoms with Crippen molar-refractivity contribution in [2.45, 2.75) is 19.4 Å². The molecule has 2 atom stereocenters.